The summed E-state index contributed by atoms with van der Waals surface area (Å²) in [5, 5.41) is 3.42. The molecular weight excluding hydrogens is 284 g/mol. The Morgan fingerprint density at radius 2 is 1.90 bits per heavy atom. The van der Waals surface area contributed by atoms with Crippen LogP contribution in [0.25, 0.3) is 0 Å². The highest BCUT2D eigenvalue weighted by atomic mass is 35.5. The average molecular weight is 303 g/mol. The van der Waals surface area contributed by atoms with Crippen LogP contribution in [0.1, 0.15) is 40.9 Å². The van der Waals surface area contributed by atoms with E-state index in [0.717, 1.165) is 12.0 Å². The van der Waals surface area contributed by atoms with Crippen molar-refractivity contribution >= 4 is 23.2 Å². The smallest absolute Gasteiger partial charge is 0.251 e. The van der Waals surface area contributed by atoms with E-state index in [4.69, 9.17) is 17.3 Å². The van der Waals surface area contributed by atoms with Crippen LogP contribution < -0.4 is 11.1 Å². The van der Waals surface area contributed by atoms with Crippen LogP contribution in [-0.2, 0) is 0 Å². The standard InChI is InChI=1S/C17H19ClN2O/c1-3-16(12-6-4-11(2)5-7-12)20-17(21)13-8-9-15(19)14(18)10-13/h4-10,16H,3,19H2,1-2H3,(H,20,21). The number of hydrogen-bond donors (Lipinski definition) is 2. The third-order valence-corrected chi connectivity index (χ3v) is 3.78. The first-order valence-electron chi connectivity index (χ1n) is 6.93. The van der Waals surface area contributed by atoms with E-state index in [2.05, 4.69) is 5.32 Å². The maximum atomic E-state index is 12.3. The van der Waals surface area contributed by atoms with Gasteiger partial charge < -0.3 is 11.1 Å². The third-order valence-electron chi connectivity index (χ3n) is 3.46. The van der Waals surface area contributed by atoms with Crippen LogP contribution in [-0.4, -0.2) is 5.91 Å². The summed E-state index contributed by atoms with van der Waals surface area (Å²) in [7, 11) is 0. The summed E-state index contributed by atoms with van der Waals surface area (Å²) in [4.78, 5) is 12.3. The minimum atomic E-state index is -0.149. The molecule has 0 heterocycles. The molecule has 0 saturated carbocycles. The maximum absolute atomic E-state index is 12.3. The second-order valence-corrected chi connectivity index (χ2v) is 5.49. The van der Waals surface area contributed by atoms with Crippen molar-refractivity contribution in [2.75, 3.05) is 5.73 Å². The predicted molar refractivity (Wildman–Crippen MR) is 87.5 cm³/mol. The van der Waals surface area contributed by atoms with Gasteiger partial charge >= 0.3 is 0 Å². The summed E-state index contributed by atoms with van der Waals surface area (Å²) in [6, 6.07) is 13.1. The molecule has 0 spiro atoms. The van der Waals surface area contributed by atoms with Crippen molar-refractivity contribution in [2.24, 2.45) is 0 Å². The minimum absolute atomic E-state index is 0.0190. The summed E-state index contributed by atoms with van der Waals surface area (Å²) >= 11 is 5.96. The van der Waals surface area contributed by atoms with Gasteiger partial charge in [0.25, 0.3) is 5.91 Å². The monoisotopic (exact) mass is 302 g/mol. The van der Waals surface area contributed by atoms with Gasteiger partial charge in [0.1, 0.15) is 0 Å². The molecule has 110 valence electrons. The van der Waals surface area contributed by atoms with Gasteiger partial charge in [0.2, 0.25) is 0 Å². The van der Waals surface area contributed by atoms with Crippen molar-refractivity contribution in [1.29, 1.82) is 0 Å². The van der Waals surface area contributed by atoms with E-state index in [-0.39, 0.29) is 11.9 Å². The Labute approximate surface area is 130 Å². The number of rotatable bonds is 4. The Morgan fingerprint density at radius 3 is 2.48 bits per heavy atom. The van der Waals surface area contributed by atoms with Gasteiger partial charge in [-0.3, -0.25) is 4.79 Å². The van der Waals surface area contributed by atoms with Crippen molar-refractivity contribution in [3.63, 3.8) is 0 Å². The van der Waals surface area contributed by atoms with Crippen molar-refractivity contribution in [3.05, 3.63) is 64.2 Å². The van der Waals surface area contributed by atoms with Crippen LogP contribution in [0.15, 0.2) is 42.5 Å². The molecule has 0 radical (unpaired) electrons. The van der Waals surface area contributed by atoms with Crippen LogP contribution in [0.4, 0.5) is 5.69 Å². The molecule has 0 aliphatic carbocycles. The Hall–Kier alpha value is -2.00. The number of hydrogen-bond acceptors (Lipinski definition) is 2. The zero-order valence-corrected chi connectivity index (χ0v) is 12.9. The molecule has 0 aromatic heterocycles. The van der Waals surface area contributed by atoms with Gasteiger partial charge in [0, 0.05) is 5.56 Å². The summed E-state index contributed by atoms with van der Waals surface area (Å²) in [5.74, 6) is -0.149. The van der Waals surface area contributed by atoms with E-state index in [0.29, 0.717) is 16.3 Å². The highest BCUT2D eigenvalue weighted by Crippen LogP contribution is 2.21. The number of nitrogens with two attached hydrogens (primary N) is 1. The molecule has 1 unspecified atom stereocenters. The lowest BCUT2D eigenvalue weighted by Crippen LogP contribution is -2.28. The molecule has 2 aromatic rings. The number of halogens is 1. The van der Waals surface area contributed by atoms with Crippen LogP contribution in [0.3, 0.4) is 0 Å². The van der Waals surface area contributed by atoms with Crippen molar-refractivity contribution < 1.29 is 4.79 Å². The topological polar surface area (TPSA) is 55.1 Å². The van der Waals surface area contributed by atoms with Gasteiger partial charge in [-0.2, -0.15) is 0 Å². The molecule has 1 amide bonds. The molecule has 1 atom stereocenters. The van der Waals surface area contributed by atoms with Crippen LogP contribution in [0.5, 0.6) is 0 Å². The van der Waals surface area contributed by atoms with Crippen LogP contribution in [0, 0.1) is 6.92 Å². The number of nitrogen functional groups attached to an aromatic ring is 1. The van der Waals surface area contributed by atoms with Crippen molar-refractivity contribution in [3.8, 4) is 0 Å². The maximum Gasteiger partial charge on any atom is 0.251 e. The molecule has 0 saturated heterocycles. The molecule has 3 nitrogen and oxygen atoms in total. The van der Waals surface area contributed by atoms with Crippen molar-refractivity contribution in [1.82, 2.24) is 5.32 Å². The van der Waals surface area contributed by atoms with Gasteiger partial charge in [-0.1, -0.05) is 48.4 Å². The number of nitrogens with one attached hydrogen (secondary N) is 1. The average Bonchev–Trinajstić information content (AvgIpc) is 2.48. The molecule has 3 N–H and O–H groups in total. The van der Waals surface area contributed by atoms with E-state index in [1.807, 2.05) is 38.1 Å². The normalized spacial score (nSPS) is 12.0. The number of carbonyl (C=O) groups is 1. The fourth-order valence-electron chi connectivity index (χ4n) is 2.13. The van der Waals surface area contributed by atoms with Crippen molar-refractivity contribution in [2.45, 2.75) is 26.3 Å². The largest absolute Gasteiger partial charge is 0.398 e. The molecule has 2 rings (SSSR count). The molecule has 0 aliphatic rings. The van der Waals surface area contributed by atoms with E-state index < -0.39 is 0 Å². The number of anilines is 1. The first-order valence-corrected chi connectivity index (χ1v) is 7.31. The molecule has 0 fully saturated rings. The highest BCUT2D eigenvalue weighted by molar-refractivity contribution is 6.33. The second kappa shape index (κ2) is 6.64. The molecular formula is C17H19ClN2O. The lowest BCUT2D eigenvalue weighted by Gasteiger charge is -2.18. The predicted octanol–water partition coefficient (Wildman–Crippen LogP) is 4.11. The van der Waals surface area contributed by atoms with E-state index in [1.165, 1.54) is 5.56 Å². The molecule has 0 aliphatic heterocycles. The first kappa shape index (κ1) is 15.4. The van der Waals surface area contributed by atoms with E-state index >= 15 is 0 Å². The van der Waals surface area contributed by atoms with E-state index in [1.54, 1.807) is 18.2 Å². The lowest BCUT2D eigenvalue weighted by atomic mass is 10.0. The fourth-order valence-corrected chi connectivity index (χ4v) is 2.31. The number of benzene rings is 2. The number of aryl methyl sites for hydroxylation is 1. The SMILES string of the molecule is CCC(NC(=O)c1ccc(N)c(Cl)c1)c1ccc(C)cc1. The van der Waals surface area contributed by atoms with Gasteiger partial charge in [0.15, 0.2) is 0 Å². The molecule has 4 heteroatoms. The van der Waals surface area contributed by atoms with Gasteiger partial charge in [-0.15, -0.1) is 0 Å². The summed E-state index contributed by atoms with van der Waals surface area (Å²) in [5.41, 5.74) is 8.94. The van der Waals surface area contributed by atoms with E-state index in [9.17, 15) is 4.79 Å². The molecule has 2 aromatic carbocycles. The second-order valence-electron chi connectivity index (χ2n) is 5.08. The summed E-state index contributed by atoms with van der Waals surface area (Å²) < 4.78 is 0. The van der Waals surface area contributed by atoms with Crippen LogP contribution >= 0.6 is 11.6 Å². The summed E-state index contributed by atoms with van der Waals surface area (Å²) in [6.45, 7) is 4.08. The Bertz CT molecular complexity index is 638. The first-order chi connectivity index (χ1) is 10.0. The van der Waals surface area contributed by atoms with Gasteiger partial charge in [-0.25, -0.2) is 0 Å². The molecule has 21 heavy (non-hydrogen) atoms. The van der Waals surface area contributed by atoms with Crippen LogP contribution in [0.2, 0.25) is 5.02 Å². The van der Waals surface area contributed by atoms with Gasteiger partial charge in [-0.05, 0) is 37.1 Å². The minimum Gasteiger partial charge on any atom is -0.398 e. The Morgan fingerprint density at radius 1 is 1.24 bits per heavy atom. The quantitative estimate of drug-likeness (QED) is 0.835. The third kappa shape index (κ3) is 3.76. The van der Waals surface area contributed by atoms with Gasteiger partial charge in [0.05, 0.1) is 16.8 Å². The zero-order valence-electron chi connectivity index (χ0n) is 12.2. The lowest BCUT2D eigenvalue weighted by molar-refractivity contribution is 0.0935. The zero-order chi connectivity index (χ0) is 15.4. The Balaban J connectivity index is 2.15. The Kier molecular flexibility index (Phi) is 4.86. The number of carbonyl (C=O) groups excluding carboxylic acids is 1. The fraction of sp³-hybridized carbons (Fsp3) is 0.235. The highest BCUT2D eigenvalue weighted by Gasteiger charge is 2.14. The number of amides is 1. The molecule has 0 bridgehead atoms. The summed E-state index contributed by atoms with van der Waals surface area (Å²) in [6.07, 6.45) is 0.817.